The molecule has 2 saturated heterocycles. The van der Waals surface area contributed by atoms with Crippen LogP contribution in [0.2, 0.25) is 0 Å². The summed E-state index contributed by atoms with van der Waals surface area (Å²) in [5.74, 6) is 0.891. The number of carbonyl (C=O) groups excluding carboxylic acids is 2. The van der Waals surface area contributed by atoms with Gasteiger partial charge in [0.1, 0.15) is 0 Å². The van der Waals surface area contributed by atoms with Gasteiger partial charge in [0.05, 0.1) is 5.39 Å². The third-order valence-corrected chi connectivity index (χ3v) is 4.84. The quantitative estimate of drug-likeness (QED) is 0.929. The molecule has 2 aliphatic rings. The predicted molar refractivity (Wildman–Crippen MR) is 88.8 cm³/mol. The van der Waals surface area contributed by atoms with Crippen molar-refractivity contribution in [1.29, 1.82) is 0 Å². The fourth-order valence-corrected chi connectivity index (χ4v) is 3.59. The molecule has 0 saturated carbocycles. The Balaban J connectivity index is 1.61. The van der Waals surface area contributed by atoms with Gasteiger partial charge in [-0.15, -0.1) is 0 Å². The monoisotopic (exact) mass is 328 g/mol. The van der Waals surface area contributed by atoms with E-state index in [0.29, 0.717) is 23.9 Å². The molecule has 2 aliphatic heterocycles. The molecule has 7 heteroatoms. The maximum absolute atomic E-state index is 12.1. The molecule has 1 aromatic heterocycles. The van der Waals surface area contributed by atoms with E-state index in [-0.39, 0.29) is 12.3 Å². The Kier molecular flexibility index (Phi) is 3.72. The van der Waals surface area contributed by atoms with Crippen molar-refractivity contribution < 1.29 is 14.1 Å². The number of carbonyl (C=O) groups is 2. The largest absolute Gasteiger partial charge is 0.354 e. The zero-order valence-corrected chi connectivity index (χ0v) is 13.6. The van der Waals surface area contributed by atoms with E-state index in [4.69, 9.17) is 4.52 Å². The molecule has 2 fully saturated rings. The van der Waals surface area contributed by atoms with E-state index in [1.54, 1.807) is 0 Å². The van der Waals surface area contributed by atoms with Crippen LogP contribution in [0.1, 0.15) is 18.4 Å². The number of aromatic nitrogens is 1. The molecule has 1 aromatic carbocycles. The number of fused-ring (bicyclic) bond motifs is 1. The second-order valence-corrected chi connectivity index (χ2v) is 6.71. The molecule has 3 amide bonds. The van der Waals surface area contributed by atoms with Crippen molar-refractivity contribution in [3.05, 3.63) is 23.8 Å². The fourth-order valence-electron chi connectivity index (χ4n) is 3.59. The zero-order valence-electron chi connectivity index (χ0n) is 13.6. The highest BCUT2D eigenvalue weighted by Gasteiger charge is 2.28. The molecule has 1 atom stereocenters. The highest BCUT2D eigenvalue weighted by molar-refractivity contribution is 6.08. The van der Waals surface area contributed by atoms with Gasteiger partial charge in [0, 0.05) is 19.5 Å². The Morgan fingerprint density at radius 2 is 2.21 bits per heavy atom. The molecule has 1 unspecified atom stereocenters. The maximum Gasteiger partial charge on any atom is 0.329 e. The summed E-state index contributed by atoms with van der Waals surface area (Å²) in [4.78, 5) is 27.2. The van der Waals surface area contributed by atoms with Crippen LogP contribution in [-0.2, 0) is 11.2 Å². The average molecular weight is 328 g/mol. The highest BCUT2D eigenvalue weighted by atomic mass is 16.5. The Labute approximate surface area is 139 Å². The predicted octanol–water partition coefficient (Wildman–Crippen LogP) is 1.77. The van der Waals surface area contributed by atoms with Gasteiger partial charge in [-0.2, -0.15) is 0 Å². The lowest BCUT2D eigenvalue weighted by Crippen LogP contribution is -2.49. The Bertz CT molecular complexity index is 800. The summed E-state index contributed by atoms with van der Waals surface area (Å²) >= 11 is 0. The molecule has 24 heavy (non-hydrogen) atoms. The van der Waals surface area contributed by atoms with E-state index >= 15 is 0 Å². The van der Waals surface area contributed by atoms with Gasteiger partial charge < -0.3 is 9.42 Å². The second kappa shape index (κ2) is 5.90. The Morgan fingerprint density at radius 1 is 1.33 bits per heavy atom. The van der Waals surface area contributed by atoms with Crippen LogP contribution in [-0.4, -0.2) is 48.7 Å². The summed E-state index contributed by atoms with van der Waals surface area (Å²) < 4.78 is 5.35. The third-order valence-electron chi connectivity index (χ3n) is 4.84. The van der Waals surface area contributed by atoms with E-state index in [1.165, 1.54) is 16.9 Å². The highest BCUT2D eigenvalue weighted by Crippen LogP contribution is 2.29. The smallest absolute Gasteiger partial charge is 0.329 e. The number of amides is 3. The topological polar surface area (TPSA) is 78.7 Å². The van der Waals surface area contributed by atoms with Crippen molar-refractivity contribution in [1.82, 2.24) is 15.4 Å². The summed E-state index contributed by atoms with van der Waals surface area (Å²) in [6.07, 6.45) is 2.49. The van der Waals surface area contributed by atoms with Crippen molar-refractivity contribution in [2.75, 3.05) is 31.6 Å². The first-order chi connectivity index (χ1) is 11.6. The van der Waals surface area contributed by atoms with Crippen LogP contribution < -0.4 is 10.2 Å². The minimum atomic E-state index is -0.440. The number of imide groups is 1. The number of hydrogen-bond donors (Lipinski definition) is 1. The zero-order chi connectivity index (χ0) is 16.7. The molecule has 0 bridgehead atoms. The van der Waals surface area contributed by atoms with E-state index in [0.717, 1.165) is 24.9 Å². The van der Waals surface area contributed by atoms with Crippen molar-refractivity contribution in [2.45, 2.75) is 19.3 Å². The van der Waals surface area contributed by atoms with Gasteiger partial charge in [0.15, 0.2) is 11.4 Å². The first-order valence-electron chi connectivity index (χ1n) is 8.28. The Morgan fingerprint density at radius 3 is 2.96 bits per heavy atom. The van der Waals surface area contributed by atoms with Crippen LogP contribution in [0.25, 0.3) is 11.0 Å². The van der Waals surface area contributed by atoms with Crippen LogP contribution >= 0.6 is 0 Å². The first kappa shape index (κ1) is 15.1. The summed E-state index contributed by atoms with van der Waals surface area (Å²) in [6, 6.07) is 5.59. The molecule has 0 spiro atoms. The average Bonchev–Trinajstić information content (AvgIpc) is 3.14. The van der Waals surface area contributed by atoms with E-state index in [9.17, 15) is 9.59 Å². The Hall–Kier alpha value is -2.41. The van der Waals surface area contributed by atoms with Crippen molar-refractivity contribution >= 4 is 28.7 Å². The summed E-state index contributed by atoms with van der Waals surface area (Å²) in [6.45, 7) is 2.59. The van der Waals surface area contributed by atoms with Crippen molar-refractivity contribution in [3.8, 4) is 0 Å². The molecule has 1 N–H and O–H groups in total. The SMILES string of the molecule is CN1CCC(Cc2ccc3onc(N4CCC(=O)NC4=O)c3c2)C1. The van der Waals surface area contributed by atoms with Crippen LogP contribution in [0.3, 0.4) is 0 Å². The molecule has 2 aromatic rings. The number of nitrogens with zero attached hydrogens (tertiary/aromatic N) is 3. The van der Waals surface area contributed by atoms with Gasteiger partial charge in [-0.3, -0.25) is 15.0 Å². The van der Waals surface area contributed by atoms with Gasteiger partial charge in [-0.25, -0.2) is 4.79 Å². The van der Waals surface area contributed by atoms with Crippen molar-refractivity contribution in [3.63, 3.8) is 0 Å². The number of benzene rings is 1. The molecule has 3 heterocycles. The van der Waals surface area contributed by atoms with Gasteiger partial charge >= 0.3 is 6.03 Å². The lowest BCUT2D eigenvalue weighted by Gasteiger charge is -2.24. The molecule has 7 nitrogen and oxygen atoms in total. The molecule has 0 radical (unpaired) electrons. The van der Waals surface area contributed by atoms with Gasteiger partial charge in [0.25, 0.3) is 0 Å². The van der Waals surface area contributed by atoms with Gasteiger partial charge in [0.2, 0.25) is 5.91 Å². The molecular formula is C17H20N4O3. The normalized spacial score (nSPS) is 22.4. The number of urea groups is 1. The van der Waals surface area contributed by atoms with Crippen LogP contribution in [0.4, 0.5) is 10.6 Å². The molecule has 4 rings (SSSR count). The molecule has 126 valence electrons. The lowest BCUT2D eigenvalue weighted by molar-refractivity contribution is -0.120. The number of hydrogen-bond acceptors (Lipinski definition) is 5. The second-order valence-electron chi connectivity index (χ2n) is 6.71. The number of likely N-dealkylation sites (tertiary alicyclic amines) is 1. The fraction of sp³-hybridized carbons (Fsp3) is 0.471. The van der Waals surface area contributed by atoms with E-state index in [2.05, 4.69) is 34.6 Å². The van der Waals surface area contributed by atoms with Crippen LogP contribution in [0.5, 0.6) is 0 Å². The number of nitrogens with one attached hydrogen (secondary N) is 1. The number of rotatable bonds is 3. The third kappa shape index (κ3) is 2.75. The maximum atomic E-state index is 12.1. The summed E-state index contributed by atoms with van der Waals surface area (Å²) in [5.41, 5.74) is 1.88. The number of anilines is 1. The lowest BCUT2D eigenvalue weighted by atomic mass is 9.98. The van der Waals surface area contributed by atoms with E-state index in [1.807, 2.05) is 6.07 Å². The van der Waals surface area contributed by atoms with Crippen LogP contribution in [0, 0.1) is 5.92 Å². The van der Waals surface area contributed by atoms with Crippen LogP contribution in [0.15, 0.2) is 22.7 Å². The summed E-state index contributed by atoms with van der Waals surface area (Å²) in [7, 11) is 2.15. The minimum absolute atomic E-state index is 0.255. The van der Waals surface area contributed by atoms with Crippen molar-refractivity contribution in [2.24, 2.45) is 5.92 Å². The first-order valence-corrected chi connectivity index (χ1v) is 8.28. The molecule has 0 aliphatic carbocycles. The molecular weight excluding hydrogens is 308 g/mol. The van der Waals surface area contributed by atoms with Gasteiger partial charge in [-0.05, 0) is 50.0 Å². The summed E-state index contributed by atoms with van der Waals surface area (Å²) in [5, 5.41) is 7.19. The minimum Gasteiger partial charge on any atom is -0.354 e. The van der Waals surface area contributed by atoms with E-state index < -0.39 is 6.03 Å². The standard InChI is InChI=1S/C17H20N4O3/c1-20-6-4-12(10-20)8-11-2-3-14-13(9-11)16(19-24-14)21-7-5-15(22)18-17(21)23/h2-3,9,12H,4-8,10H2,1H3,(H,18,22,23). The van der Waals surface area contributed by atoms with Gasteiger partial charge in [-0.1, -0.05) is 11.2 Å².